The van der Waals surface area contributed by atoms with E-state index in [2.05, 4.69) is 20.3 Å². The third-order valence-corrected chi connectivity index (χ3v) is 6.34. The van der Waals surface area contributed by atoms with Crippen molar-refractivity contribution >= 4 is 23.2 Å². The average molecular weight is 530 g/mol. The molecule has 0 aliphatic heterocycles. The molecule has 1 N–H and O–H groups in total. The Morgan fingerprint density at radius 1 is 1.00 bits per heavy atom. The fraction of sp³-hybridized carbons (Fsp3) is 0.138. The topological polar surface area (TPSA) is 89.8 Å². The number of imidazole rings is 1. The Morgan fingerprint density at radius 3 is 2.56 bits per heavy atom. The molecule has 1 atom stereocenters. The van der Waals surface area contributed by atoms with Crippen LogP contribution in [-0.4, -0.2) is 31.7 Å². The lowest BCUT2D eigenvalue weighted by Gasteiger charge is -2.22. The molecule has 0 aliphatic carbocycles. The first kappa shape index (κ1) is 25.8. The molecule has 0 fully saturated rings. The first-order valence-electron chi connectivity index (χ1n) is 12.0. The zero-order chi connectivity index (χ0) is 27.5. The van der Waals surface area contributed by atoms with Crippen LogP contribution < -0.4 is 5.32 Å². The number of hydrogen-bond acceptors (Lipinski definition) is 5. The van der Waals surface area contributed by atoms with Crippen LogP contribution in [-0.2, 0) is 17.8 Å². The number of nitrogens with zero attached hydrogens (tertiary/aromatic N) is 4. The van der Waals surface area contributed by atoms with Gasteiger partial charge in [0.15, 0.2) is 6.29 Å². The summed E-state index contributed by atoms with van der Waals surface area (Å²) in [5, 5.41) is 2.93. The third-order valence-electron chi connectivity index (χ3n) is 6.34. The van der Waals surface area contributed by atoms with Crippen LogP contribution in [0.15, 0.2) is 73.3 Å². The number of carbonyl (C=O) groups is 2. The van der Waals surface area contributed by atoms with Gasteiger partial charge in [-0.25, -0.2) is 18.2 Å². The van der Waals surface area contributed by atoms with Crippen LogP contribution in [0.4, 0.5) is 13.2 Å². The second kappa shape index (κ2) is 10.9. The van der Waals surface area contributed by atoms with Gasteiger partial charge in [0.2, 0.25) is 5.91 Å². The van der Waals surface area contributed by atoms with E-state index in [1.165, 1.54) is 36.5 Å². The van der Waals surface area contributed by atoms with Crippen LogP contribution in [0, 0.1) is 24.4 Å². The summed E-state index contributed by atoms with van der Waals surface area (Å²) in [6.45, 7) is 1.74. The summed E-state index contributed by atoms with van der Waals surface area (Å²) < 4.78 is 43.7. The highest BCUT2D eigenvalue weighted by Gasteiger charge is 2.22. The number of amides is 1. The minimum Gasteiger partial charge on any atom is -0.346 e. The standard InChI is InChI=1S/C29H22F3N5O2/c1-17-28-26(6-8-33-17)37(16-35-28)14-27(39)36-25(11-18-9-21(30)13-22(31)10-18)29-23(3-2-7-34-29)19-4-5-24(32)20(12-19)15-38/h2-10,12-13,15-16,25H,11,14H2,1H3,(H,36,39). The first-order valence-corrected chi connectivity index (χ1v) is 12.0. The van der Waals surface area contributed by atoms with Crippen molar-refractivity contribution in [1.82, 2.24) is 24.8 Å². The van der Waals surface area contributed by atoms with Crippen molar-refractivity contribution in [2.45, 2.75) is 25.9 Å². The fourth-order valence-corrected chi connectivity index (χ4v) is 4.57. The molecular weight excluding hydrogens is 507 g/mol. The molecule has 0 saturated carbocycles. The van der Waals surface area contributed by atoms with Crippen molar-refractivity contribution in [3.63, 3.8) is 0 Å². The van der Waals surface area contributed by atoms with Gasteiger partial charge in [-0.05, 0) is 60.9 Å². The molecule has 196 valence electrons. The smallest absolute Gasteiger partial charge is 0.240 e. The monoisotopic (exact) mass is 529 g/mol. The van der Waals surface area contributed by atoms with Gasteiger partial charge in [-0.1, -0.05) is 12.1 Å². The number of hydrogen-bond donors (Lipinski definition) is 1. The van der Waals surface area contributed by atoms with E-state index in [-0.39, 0.29) is 18.5 Å². The van der Waals surface area contributed by atoms with Gasteiger partial charge >= 0.3 is 0 Å². The first-order chi connectivity index (χ1) is 18.8. The number of carbonyl (C=O) groups excluding carboxylic acids is 2. The van der Waals surface area contributed by atoms with Crippen molar-refractivity contribution in [1.29, 1.82) is 0 Å². The molecule has 39 heavy (non-hydrogen) atoms. The summed E-state index contributed by atoms with van der Waals surface area (Å²) >= 11 is 0. The molecule has 5 rings (SSSR count). The Bertz CT molecular complexity index is 1680. The SMILES string of the molecule is Cc1nccc2c1ncn2CC(=O)NC(Cc1cc(F)cc(F)c1)c1ncccc1-c1ccc(F)c(C=O)c1. The zero-order valence-electron chi connectivity index (χ0n) is 20.7. The summed E-state index contributed by atoms with van der Waals surface area (Å²) in [6.07, 6.45) is 5.12. The van der Waals surface area contributed by atoms with E-state index in [1.807, 2.05) is 6.92 Å². The summed E-state index contributed by atoms with van der Waals surface area (Å²) in [5.74, 6) is -2.56. The van der Waals surface area contributed by atoms with Gasteiger partial charge in [0.05, 0.1) is 34.8 Å². The summed E-state index contributed by atoms with van der Waals surface area (Å²) in [4.78, 5) is 37.7. The second-order valence-corrected chi connectivity index (χ2v) is 9.03. The Balaban J connectivity index is 1.52. The van der Waals surface area contributed by atoms with Crippen LogP contribution in [0.1, 0.15) is 33.4 Å². The van der Waals surface area contributed by atoms with Crippen molar-refractivity contribution in [2.24, 2.45) is 0 Å². The van der Waals surface area contributed by atoms with Crippen LogP contribution in [0.5, 0.6) is 0 Å². The van der Waals surface area contributed by atoms with Gasteiger partial charge < -0.3 is 9.88 Å². The molecule has 7 nitrogen and oxygen atoms in total. The molecule has 1 amide bonds. The van der Waals surface area contributed by atoms with Gasteiger partial charge in [-0.2, -0.15) is 0 Å². The van der Waals surface area contributed by atoms with Gasteiger partial charge in [-0.3, -0.25) is 19.6 Å². The predicted octanol–water partition coefficient (Wildman–Crippen LogP) is 5.13. The minimum absolute atomic E-state index is 0.0138. The lowest BCUT2D eigenvalue weighted by Crippen LogP contribution is -2.33. The Labute approximate surface area is 221 Å². The van der Waals surface area contributed by atoms with E-state index in [4.69, 9.17) is 0 Å². The highest BCUT2D eigenvalue weighted by Crippen LogP contribution is 2.30. The van der Waals surface area contributed by atoms with E-state index in [0.717, 1.165) is 17.3 Å². The Kier molecular flexibility index (Phi) is 7.18. The Hall–Kier alpha value is -4.86. The number of rotatable bonds is 8. The molecule has 0 saturated heterocycles. The van der Waals surface area contributed by atoms with Crippen LogP contribution in [0.3, 0.4) is 0 Å². The highest BCUT2D eigenvalue weighted by molar-refractivity contribution is 5.82. The number of nitrogens with one attached hydrogen (secondary N) is 1. The Morgan fingerprint density at radius 2 is 1.79 bits per heavy atom. The third kappa shape index (κ3) is 5.54. The zero-order valence-corrected chi connectivity index (χ0v) is 20.7. The number of halogens is 3. The number of fused-ring (bicyclic) bond motifs is 1. The number of aromatic nitrogens is 4. The summed E-state index contributed by atoms with van der Waals surface area (Å²) in [7, 11) is 0. The normalized spacial score (nSPS) is 11.9. The number of pyridine rings is 2. The molecule has 0 spiro atoms. The van der Waals surface area contributed by atoms with E-state index < -0.39 is 29.4 Å². The van der Waals surface area contributed by atoms with Crippen LogP contribution >= 0.6 is 0 Å². The number of aryl methyl sites for hydroxylation is 1. The molecule has 5 aromatic rings. The van der Waals surface area contributed by atoms with E-state index >= 15 is 0 Å². The van der Waals surface area contributed by atoms with Crippen molar-refractivity contribution in [2.75, 3.05) is 0 Å². The van der Waals surface area contributed by atoms with Gasteiger partial charge in [0, 0.05) is 24.0 Å². The lowest BCUT2D eigenvalue weighted by atomic mass is 9.94. The number of benzene rings is 2. The molecule has 3 aromatic heterocycles. The minimum atomic E-state index is -0.821. The highest BCUT2D eigenvalue weighted by atomic mass is 19.1. The molecule has 0 bridgehead atoms. The molecule has 3 heterocycles. The molecule has 10 heteroatoms. The molecule has 1 unspecified atom stereocenters. The lowest BCUT2D eigenvalue weighted by molar-refractivity contribution is -0.122. The van der Waals surface area contributed by atoms with E-state index in [1.54, 1.807) is 35.3 Å². The molecule has 2 aromatic carbocycles. The van der Waals surface area contributed by atoms with Crippen molar-refractivity contribution in [3.8, 4) is 11.1 Å². The van der Waals surface area contributed by atoms with Crippen molar-refractivity contribution in [3.05, 3.63) is 113 Å². The van der Waals surface area contributed by atoms with Gasteiger partial charge in [-0.15, -0.1) is 0 Å². The fourth-order valence-electron chi connectivity index (χ4n) is 4.57. The predicted molar refractivity (Wildman–Crippen MR) is 138 cm³/mol. The quantitative estimate of drug-likeness (QED) is 0.282. The van der Waals surface area contributed by atoms with Crippen LogP contribution in [0.2, 0.25) is 0 Å². The molecular formula is C29H22F3N5O2. The van der Waals surface area contributed by atoms with Crippen LogP contribution in [0.25, 0.3) is 22.2 Å². The van der Waals surface area contributed by atoms with Gasteiger partial charge in [0.25, 0.3) is 0 Å². The second-order valence-electron chi connectivity index (χ2n) is 9.03. The van der Waals surface area contributed by atoms with Gasteiger partial charge in [0.1, 0.15) is 29.5 Å². The largest absolute Gasteiger partial charge is 0.346 e. The molecule has 0 aliphatic rings. The maximum atomic E-state index is 14.0. The van der Waals surface area contributed by atoms with E-state index in [0.29, 0.717) is 34.2 Å². The molecule has 0 radical (unpaired) electrons. The van der Waals surface area contributed by atoms with Crippen molar-refractivity contribution < 1.29 is 22.8 Å². The average Bonchev–Trinajstić information content (AvgIpc) is 3.32. The maximum absolute atomic E-state index is 14.0. The number of aldehydes is 1. The summed E-state index contributed by atoms with van der Waals surface area (Å²) in [5.41, 5.74) is 3.70. The van der Waals surface area contributed by atoms with E-state index in [9.17, 15) is 22.8 Å². The summed E-state index contributed by atoms with van der Waals surface area (Å²) in [6, 6.07) is 11.5. The maximum Gasteiger partial charge on any atom is 0.240 e.